The lowest BCUT2D eigenvalue weighted by atomic mass is 10.2. The van der Waals surface area contributed by atoms with Gasteiger partial charge >= 0.3 is 0 Å². The Morgan fingerprint density at radius 2 is 1.77 bits per heavy atom. The third kappa shape index (κ3) is 3.87. The van der Waals surface area contributed by atoms with Crippen LogP contribution in [0.15, 0.2) is 83.9 Å². The summed E-state index contributed by atoms with van der Waals surface area (Å²) in [5, 5.41) is 12.5. The van der Waals surface area contributed by atoms with Crippen molar-refractivity contribution in [3.05, 3.63) is 84.4 Å². The van der Waals surface area contributed by atoms with Crippen LogP contribution >= 0.6 is 11.8 Å². The van der Waals surface area contributed by atoms with Gasteiger partial charge in [0.1, 0.15) is 5.03 Å². The minimum Gasteiger partial charge on any atom is -0.325 e. The minimum atomic E-state index is -0.0912. The van der Waals surface area contributed by atoms with E-state index in [1.807, 2.05) is 90.2 Å². The number of aromatic nitrogens is 4. The van der Waals surface area contributed by atoms with E-state index in [-0.39, 0.29) is 11.7 Å². The Morgan fingerprint density at radius 3 is 2.61 bits per heavy atom. The molecule has 0 aliphatic rings. The zero-order valence-electron chi connectivity index (χ0n) is 16.8. The van der Waals surface area contributed by atoms with Gasteiger partial charge in [-0.3, -0.25) is 9.20 Å². The van der Waals surface area contributed by atoms with Crippen molar-refractivity contribution in [1.29, 1.82) is 0 Å². The van der Waals surface area contributed by atoms with Crippen LogP contribution in [0.5, 0.6) is 0 Å². The summed E-state index contributed by atoms with van der Waals surface area (Å²) in [6.45, 7) is 2.00. The third-order valence-corrected chi connectivity index (χ3v) is 5.83. The molecule has 0 unspecified atom stereocenters. The molecule has 3 aromatic carbocycles. The maximum Gasteiger partial charge on any atom is 0.234 e. The van der Waals surface area contributed by atoms with Gasteiger partial charge in [0, 0.05) is 11.3 Å². The number of rotatable bonds is 5. The second-order valence-electron chi connectivity index (χ2n) is 7.16. The molecule has 6 nitrogen and oxygen atoms in total. The molecule has 1 N–H and O–H groups in total. The van der Waals surface area contributed by atoms with E-state index in [9.17, 15) is 4.79 Å². The molecule has 1 amide bonds. The Labute approximate surface area is 183 Å². The monoisotopic (exact) mass is 425 g/mol. The maximum atomic E-state index is 12.5. The van der Waals surface area contributed by atoms with Crippen LogP contribution in [-0.2, 0) is 4.79 Å². The summed E-state index contributed by atoms with van der Waals surface area (Å²) >= 11 is 1.36. The Morgan fingerprint density at radius 1 is 0.968 bits per heavy atom. The second-order valence-corrected chi connectivity index (χ2v) is 8.12. The van der Waals surface area contributed by atoms with Crippen LogP contribution in [0.25, 0.3) is 28.1 Å². The molecule has 0 saturated heterocycles. The molecule has 0 atom stereocenters. The number of fused-ring (bicyclic) bond motifs is 3. The second kappa shape index (κ2) is 8.20. The number of aryl methyl sites for hydroxylation is 1. The van der Waals surface area contributed by atoms with E-state index >= 15 is 0 Å². The smallest absolute Gasteiger partial charge is 0.234 e. The van der Waals surface area contributed by atoms with Crippen LogP contribution in [0.2, 0.25) is 0 Å². The number of thioether (sulfide) groups is 1. The number of anilines is 1. The first-order valence-corrected chi connectivity index (χ1v) is 10.9. The highest BCUT2D eigenvalue weighted by Gasteiger charge is 2.17. The van der Waals surface area contributed by atoms with E-state index in [4.69, 9.17) is 4.98 Å². The molecule has 0 bridgehead atoms. The summed E-state index contributed by atoms with van der Waals surface area (Å²) in [5.41, 5.74) is 5.25. The first kappa shape index (κ1) is 19.3. The van der Waals surface area contributed by atoms with Crippen molar-refractivity contribution in [1.82, 2.24) is 19.6 Å². The van der Waals surface area contributed by atoms with E-state index in [1.165, 1.54) is 11.8 Å². The van der Waals surface area contributed by atoms with Crippen LogP contribution in [0, 0.1) is 6.92 Å². The largest absolute Gasteiger partial charge is 0.325 e. The summed E-state index contributed by atoms with van der Waals surface area (Å²) in [7, 11) is 0. The normalized spacial score (nSPS) is 11.1. The number of nitrogens with zero attached hydrogens (tertiary/aromatic N) is 4. The average Bonchev–Trinajstić information content (AvgIpc) is 3.24. The van der Waals surface area contributed by atoms with Crippen molar-refractivity contribution >= 4 is 40.0 Å². The molecular formula is C24H19N5OS. The lowest BCUT2D eigenvalue weighted by Crippen LogP contribution is -2.14. The van der Waals surface area contributed by atoms with Gasteiger partial charge in [-0.1, -0.05) is 66.4 Å². The fourth-order valence-electron chi connectivity index (χ4n) is 3.48. The first-order valence-electron chi connectivity index (χ1n) is 9.88. The van der Waals surface area contributed by atoms with Crippen molar-refractivity contribution in [3.63, 3.8) is 0 Å². The Hall–Kier alpha value is -3.71. The number of amides is 1. The van der Waals surface area contributed by atoms with Gasteiger partial charge in [0.15, 0.2) is 11.5 Å². The molecular weight excluding hydrogens is 406 g/mol. The van der Waals surface area contributed by atoms with Gasteiger partial charge in [0.05, 0.1) is 16.8 Å². The van der Waals surface area contributed by atoms with Crippen LogP contribution in [0.1, 0.15) is 5.56 Å². The summed E-state index contributed by atoms with van der Waals surface area (Å²) in [5.74, 6) is 0.884. The average molecular weight is 426 g/mol. The SMILES string of the molecule is Cc1cccc(NC(=O)CSc2nc3ccccc3n3c(-c4ccccc4)nnc23)c1. The summed E-state index contributed by atoms with van der Waals surface area (Å²) in [4.78, 5) is 17.3. The number of benzene rings is 3. The van der Waals surface area contributed by atoms with E-state index < -0.39 is 0 Å². The quantitative estimate of drug-likeness (QED) is 0.402. The number of hydrogen-bond acceptors (Lipinski definition) is 5. The summed E-state index contributed by atoms with van der Waals surface area (Å²) < 4.78 is 2.01. The molecule has 0 saturated carbocycles. The number of hydrogen-bond donors (Lipinski definition) is 1. The third-order valence-electron chi connectivity index (χ3n) is 4.87. The molecule has 2 heterocycles. The summed E-state index contributed by atoms with van der Waals surface area (Å²) in [6.07, 6.45) is 0. The molecule has 0 fully saturated rings. The van der Waals surface area contributed by atoms with Crippen LogP contribution in [0.4, 0.5) is 5.69 Å². The van der Waals surface area contributed by atoms with Gasteiger partial charge in [0.25, 0.3) is 0 Å². The molecule has 0 aliphatic heterocycles. The van der Waals surface area contributed by atoms with Gasteiger partial charge in [-0.05, 0) is 36.8 Å². The van der Waals surface area contributed by atoms with Gasteiger partial charge in [-0.15, -0.1) is 10.2 Å². The molecule has 5 aromatic rings. The highest BCUT2D eigenvalue weighted by atomic mass is 32.2. The van der Waals surface area contributed by atoms with Gasteiger partial charge in [-0.2, -0.15) is 0 Å². The van der Waals surface area contributed by atoms with E-state index in [2.05, 4.69) is 15.5 Å². The van der Waals surface area contributed by atoms with Gasteiger partial charge in [-0.25, -0.2) is 4.98 Å². The molecule has 152 valence electrons. The van der Waals surface area contributed by atoms with Crippen molar-refractivity contribution in [3.8, 4) is 11.4 Å². The van der Waals surface area contributed by atoms with Crippen molar-refractivity contribution in [2.24, 2.45) is 0 Å². The summed E-state index contributed by atoms with van der Waals surface area (Å²) in [6, 6.07) is 25.6. The fourth-order valence-corrected chi connectivity index (χ4v) is 4.25. The lowest BCUT2D eigenvalue weighted by molar-refractivity contribution is -0.113. The van der Waals surface area contributed by atoms with Crippen LogP contribution in [-0.4, -0.2) is 31.2 Å². The van der Waals surface area contributed by atoms with Crippen molar-refractivity contribution in [2.45, 2.75) is 11.9 Å². The zero-order chi connectivity index (χ0) is 21.2. The minimum absolute atomic E-state index is 0.0912. The number of carbonyl (C=O) groups excluding carboxylic acids is 1. The lowest BCUT2D eigenvalue weighted by Gasteiger charge is -2.09. The van der Waals surface area contributed by atoms with Crippen LogP contribution < -0.4 is 5.32 Å². The molecule has 2 aromatic heterocycles. The molecule has 0 aliphatic carbocycles. The Bertz CT molecular complexity index is 1400. The highest BCUT2D eigenvalue weighted by molar-refractivity contribution is 8.00. The van der Waals surface area contributed by atoms with Gasteiger partial charge in [0.2, 0.25) is 5.91 Å². The van der Waals surface area contributed by atoms with E-state index in [1.54, 1.807) is 0 Å². The Kier molecular flexibility index (Phi) is 5.09. The number of para-hydroxylation sites is 2. The molecule has 7 heteroatoms. The molecule has 31 heavy (non-hydrogen) atoms. The van der Waals surface area contributed by atoms with Crippen molar-refractivity contribution in [2.75, 3.05) is 11.1 Å². The Balaban J connectivity index is 1.50. The molecule has 0 radical (unpaired) electrons. The maximum absolute atomic E-state index is 12.5. The van der Waals surface area contributed by atoms with E-state index in [0.29, 0.717) is 10.7 Å². The predicted octanol–water partition coefficient (Wildman–Crippen LogP) is 4.98. The van der Waals surface area contributed by atoms with Crippen LogP contribution in [0.3, 0.4) is 0 Å². The zero-order valence-corrected chi connectivity index (χ0v) is 17.6. The van der Waals surface area contributed by atoms with Crippen molar-refractivity contribution < 1.29 is 4.79 Å². The number of carbonyl (C=O) groups is 1. The topological polar surface area (TPSA) is 72.2 Å². The first-order chi connectivity index (χ1) is 15.2. The fraction of sp³-hybridized carbons (Fsp3) is 0.0833. The highest BCUT2D eigenvalue weighted by Crippen LogP contribution is 2.29. The standard InChI is InChI=1S/C24H19N5OS/c1-16-8-7-11-18(14-16)25-21(30)15-31-24-23-28-27-22(17-9-3-2-4-10-17)29(23)20-13-6-5-12-19(20)26-24/h2-14H,15H2,1H3,(H,25,30). The number of nitrogens with one attached hydrogen (secondary N) is 1. The molecule has 0 spiro atoms. The van der Waals surface area contributed by atoms with E-state index in [0.717, 1.165) is 33.7 Å². The van der Waals surface area contributed by atoms with Gasteiger partial charge < -0.3 is 5.32 Å². The predicted molar refractivity (Wildman–Crippen MR) is 124 cm³/mol. The molecule has 5 rings (SSSR count).